The van der Waals surface area contributed by atoms with Gasteiger partial charge in [0.25, 0.3) is 0 Å². The molecule has 0 saturated heterocycles. The van der Waals surface area contributed by atoms with E-state index in [1.54, 1.807) is 20.8 Å². The molecular weight excluding hydrogens is 224 g/mol. The molecule has 0 aliphatic rings. The highest BCUT2D eigenvalue weighted by Gasteiger charge is 2.25. The average Bonchev–Trinajstić information content (AvgIpc) is 2.09. The van der Waals surface area contributed by atoms with Crippen molar-refractivity contribution in [3.8, 4) is 0 Å². The summed E-state index contributed by atoms with van der Waals surface area (Å²) in [5.74, 6) is -0.584. The van der Waals surface area contributed by atoms with Crippen LogP contribution < -0.4 is 10.8 Å². The molecule has 0 heterocycles. The predicted molar refractivity (Wildman–Crippen MR) is 62.9 cm³/mol. The summed E-state index contributed by atoms with van der Waals surface area (Å²) in [6.07, 6.45) is -0.819. The third kappa shape index (κ3) is 8.65. The predicted octanol–water partition coefficient (Wildman–Crippen LogP) is 1.56. The third-order valence-electron chi connectivity index (χ3n) is 1.46. The maximum absolute atomic E-state index is 11.3. The molecule has 1 amide bonds. The number of nitrogens with one attached hydrogen (secondary N) is 2. The fourth-order valence-electron chi connectivity index (χ4n) is 0.621. The van der Waals surface area contributed by atoms with Gasteiger partial charge in [-0.1, -0.05) is 0 Å². The van der Waals surface area contributed by atoms with Crippen molar-refractivity contribution >= 4 is 12.1 Å². The molecule has 0 bridgehead atoms. The molecule has 6 heteroatoms. The van der Waals surface area contributed by atoms with E-state index in [0.717, 1.165) is 0 Å². The fraction of sp³-hybridized carbons (Fsp3) is 0.818. The Hall–Kier alpha value is -1.14. The van der Waals surface area contributed by atoms with E-state index in [2.05, 4.69) is 15.5 Å². The molecule has 0 spiro atoms. The van der Waals surface area contributed by atoms with E-state index < -0.39 is 17.5 Å². The zero-order valence-electron chi connectivity index (χ0n) is 11.3. The van der Waals surface area contributed by atoms with Gasteiger partial charge in [-0.05, 0) is 41.5 Å². The summed E-state index contributed by atoms with van der Waals surface area (Å²) in [4.78, 5) is 27.5. The highest BCUT2D eigenvalue weighted by Crippen LogP contribution is 2.14. The standard InChI is InChI=1S/C11H22N2O4/c1-10(2,3)8(14)17-9(15)12-7-16-13-11(4,5)6/h13H,7H2,1-6H3,(H,12,15). The van der Waals surface area contributed by atoms with E-state index in [1.165, 1.54) is 0 Å². The van der Waals surface area contributed by atoms with Crippen molar-refractivity contribution in [2.24, 2.45) is 5.41 Å². The molecule has 0 aliphatic carbocycles. The Bertz CT molecular complexity index is 276. The summed E-state index contributed by atoms with van der Waals surface area (Å²) >= 11 is 0. The lowest BCUT2D eigenvalue weighted by molar-refractivity contribution is -0.146. The van der Waals surface area contributed by atoms with Crippen LogP contribution in [0.2, 0.25) is 0 Å². The minimum Gasteiger partial charge on any atom is -0.376 e. The first-order valence-corrected chi connectivity index (χ1v) is 5.41. The zero-order chi connectivity index (χ0) is 13.7. The topological polar surface area (TPSA) is 76.7 Å². The van der Waals surface area contributed by atoms with Crippen LogP contribution in [0.15, 0.2) is 0 Å². The number of hydroxylamine groups is 1. The van der Waals surface area contributed by atoms with Crippen LogP contribution in [0, 0.1) is 5.41 Å². The minimum absolute atomic E-state index is 0.0759. The Labute approximate surface area is 102 Å². The van der Waals surface area contributed by atoms with Crippen LogP contribution in [0.5, 0.6) is 0 Å². The monoisotopic (exact) mass is 246 g/mol. The van der Waals surface area contributed by atoms with Crippen molar-refractivity contribution in [3.63, 3.8) is 0 Å². The van der Waals surface area contributed by atoms with Gasteiger partial charge in [-0.2, -0.15) is 5.48 Å². The molecule has 6 nitrogen and oxygen atoms in total. The molecule has 0 aromatic rings. The number of hydrogen-bond donors (Lipinski definition) is 2. The van der Waals surface area contributed by atoms with Crippen molar-refractivity contribution < 1.29 is 19.2 Å². The van der Waals surface area contributed by atoms with Gasteiger partial charge in [0.15, 0.2) is 0 Å². The first kappa shape index (κ1) is 15.9. The second kappa shape index (κ2) is 5.97. The number of carbonyl (C=O) groups is 2. The van der Waals surface area contributed by atoms with Gasteiger partial charge in [-0.15, -0.1) is 0 Å². The molecular formula is C11H22N2O4. The SMILES string of the molecule is CC(C)(C)NOCNC(=O)OC(=O)C(C)(C)C. The maximum Gasteiger partial charge on any atom is 0.416 e. The fourth-order valence-corrected chi connectivity index (χ4v) is 0.621. The molecule has 0 radical (unpaired) electrons. The summed E-state index contributed by atoms with van der Waals surface area (Å²) in [5, 5.41) is 2.29. The maximum atomic E-state index is 11.3. The molecule has 0 rings (SSSR count). The summed E-state index contributed by atoms with van der Waals surface area (Å²) in [7, 11) is 0. The van der Waals surface area contributed by atoms with E-state index in [0.29, 0.717) is 0 Å². The van der Waals surface area contributed by atoms with E-state index in [9.17, 15) is 9.59 Å². The summed E-state index contributed by atoms with van der Waals surface area (Å²) in [6, 6.07) is 0. The van der Waals surface area contributed by atoms with Gasteiger partial charge in [-0.3, -0.25) is 14.9 Å². The number of rotatable bonds is 3. The number of amides is 1. The molecule has 0 fully saturated rings. The molecule has 0 saturated carbocycles. The quantitative estimate of drug-likeness (QED) is 0.260. The molecule has 2 N–H and O–H groups in total. The smallest absolute Gasteiger partial charge is 0.376 e. The van der Waals surface area contributed by atoms with Gasteiger partial charge in [0.1, 0.15) is 6.73 Å². The highest BCUT2D eigenvalue weighted by molar-refractivity contribution is 5.87. The zero-order valence-corrected chi connectivity index (χ0v) is 11.3. The molecule has 0 aliphatic heterocycles. The van der Waals surface area contributed by atoms with Crippen LogP contribution in [0.25, 0.3) is 0 Å². The number of carbonyl (C=O) groups excluding carboxylic acids is 2. The van der Waals surface area contributed by atoms with Gasteiger partial charge >= 0.3 is 12.1 Å². The van der Waals surface area contributed by atoms with Gasteiger partial charge < -0.3 is 4.74 Å². The van der Waals surface area contributed by atoms with Gasteiger partial charge in [-0.25, -0.2) is 4.79 Å². The normalized spacial score (nSPS) is 12.1. The van der Waals surface area contributed by atoms with E-state index in [-0.39, 0.29) is 12.3 Å². The number of ether oxygens (including phenoxy) is 1. The Kier molecular flexibility index (Phi) is 5.57. The van der Waals surface area contributed by atoms with Crippen molar-refractivity contribution in [2.45, 2.75) is 47.1 Å². The molecule has 100 valence electrons. The lowest BCUT2D eigenvalue weighted by Crippen LogP contribution is -2.40. The van der Waals surface area contributed by atoms with E-state index in [4.69, 9.17) is 4.84 Å². The first-order valence-electron chi connectivity index (χ1n) is 5.41. The van der Waals surface area contributed by atoms with Gasteiger partial charge in [0.2, 0.25) is 0 Å². The lowest BCUT2D eigenvalue weighted by atomic mass is 9.98. The van der Waals surface area contributed by atoms with Crippen LogP contribution in [0.1, 0.15) is 41.5 Å². The summed E-state index contributed by atoms with van der Waals surface area (Å²) in [6.45, 7) is 10.7. The minimum atomic E-state index is -0.819. The van der Waals surface area contributed by atoms with Crippen LogP contribution in [0.4, 0.5) is 4.79 Å². The Morgan fingerprint density at radius 2 is 1.59 bits per heavy atom. The van der Waals surface area contributed by atoms with E-state index >= 15 is 0 Å². The summed E-state index contributed by atoms with van der Waals surface area (Å²) in [5.41, 5.74) is 1.78. The van der Waals surface area contributed by atoms with Crippen LogP contribution in [-0.2, 0) is 14.4 Å². The second-order valence-electron chi connectivity index (χ2n) is 5.74. The van der Waals surface area contributed by atoms with Crippen LogP contribution in [-0.4, -0.2) is 24.3 Å². The number of alkyl carbamates (subject to hydrolysis) is 1. The van der Waals surface area contributed by atoms with Crippen LogP contribution in [0.3, 0.4) is 0 Å². The molecule has 17 heavy (non-hydrogen) atoms. The van der Waals surface area contributed by atoms with Crippen molar-refractivity contribution in [1.82, 2.24) is 10.8 Å². The Balaban J connectivity index is 3.79. The van der Waals surface area contributed by atoms with Crippen molar-refractivity contribution in [3.05, 3.63) is 0 Å². The average molecular weight is 246 g/mol. The first-order chi connectivity index (χ1) is 7.52. The second-order valence-corrected chi connectivity index (χ2v) is 5.74. The third-order valence-corrected chi connectivity index (χ3v) is 1.46. The molecule has 0 aromatic heterocycles. The highest BCUT2D eigenvalue weighted by atomic mass is 16.7. The molecule has 0 atom stereocenters. The largest absolute Gasteiger partial charge is 0.416 e. The summed E-state index contributed by atoms with van der Waals surface area (Å²) < 4.78 is 4.55. The van der Waals surface area contributed by atoms with E-state index in [1.807, 2.05) is 20.8 Å². The molecule has 0 aromatic carbocycles. The van der Waals surface area contributed by atoms with Gasteiger partial charge in [0, 0.05) is 5.54 Å². The van der Waals surface area contributed by atoms with Crippen molar-refractivity contribution in [1.29, 1.82) is 0 Å². The Morgan fingerprint density at radius 1 is 1.06 bits per heavy atom. The van der Waals surface area contributed by atoms with Crippen molar-refractivity contribution in [2.75, 3.05) is 6.73 Å². The molecule has 0 unspecified atom stereocenters. The number of esters is 1. The van der Waals surface area contributed by atoms with Gasteiger partial charge in [0.05, 0.1) is 5.41 Å². The van der Waals surface area contributed by atoms with Crippen LogP contribution >= 0.6 is 0 Å². The number of hydrogen-bond acceptors (Lipinski definition) is 5. The lowest BCUT2D eigenvalue weighted by Gasteiger charge is -2.20. The Morgan fingerprint density at radius 3 is 2.00 bits per heavy atom.